The van der Waals surface area contributed by atoms with E-state index in [1.165, 1.54) is 35.2 Å². The first kappa shape index (κ1) is 27.6. The quantitative estimate of drug-likeness (QED) is 0.211. The van der Waals surface area contributed by atoms with Gasteiger partial charge in [0.25, 0.3) is 0 Å². The zero-order chi connectivity index (χ0) is 24.8. The highest BCUT2D eigenvalue weighted by atomic mass is 79.9. The fourth-order valence-corrected chi connectivity index (χ4v) is 9.76. The van der Waals surface area contributed by atoms with E-state index in [-0.39, 0.29) is 22.8 Å². The predicted molar refractivity (Wildman–Crippen MR) is 152 cm³/mol. The largest absolute Gasteiger partial charge is 1.00 e. The van der Waals surface area contributed by atoms with Crippen LogP contribution in [0.4, 0.5) is 4.39 Å². The average molecular weight is 578 g/mol. The van der Waals surface area contributed by atoms with Crippen LogP contribution in [0.1, 0.15) is 43.7 Å². The van der Waals surface area contributed by atoms with E-state index in [2.05, 4.69) is 97.9 Å². The predicted octanol–water partition coefficient (Wildman–Crippen LogP) is 4.46. The lowest BCUT2D eigenvalue weighted by molar-refractivity contribution is -0.00000810. The fourth-order valence-electron chi connectivity index (χ4n) is 5.52. The standard InChI is InChI=1S/C33H35FOP.BrH/c1-2-3-7-14-26-21-27-22-32(34)28(23-33(27)35-24-26)25-36(29-15-8-4-9-16-29,30-17-10-5-11-18-30)31-19-12-6-13-20-31;/h4-6,8-13,15-20,22-23,26H,2-3,7,14,21,24-25H2,1H3;1H/q+1;/p-1. The van der Waals surface area contributed by atoms with E-state index in [9.17, 15) is 0 Å². The lowest BCUT2D eigenvalue weighted by Crippen LogP contribution is -3.00. The van der Waals surface area contributed by atoms with Crippen molar-refractivity contribution in [3.05, 3.63) is 120 Å². The van der Waals surface area contributed by atoms with Crippen LogP contribution in [0.2, 0.25) is 0 Å². The smallest absolute Gasteiger partial charge is 0.130 e. The van der Waals surface area contributed by atoms with Crippen LogP contribution in [-0.2, 0) is 12.6 Å². The van der Waals surface area contributed by atoms with Crippen molar-refractivity contribution in [2.24, 2.45) is 5.92 Å². The summed E-state index contributed by atoms with van der Waals surface area (Å²) in [6, 6.07) is 35.8. The van der Waals surface area contributed by atoms with E-state index in [4.69, 9.17) is 4.74 Å². The third-order valence-electron chi connectivity index (χ3n) is 7.43. The maximum atomic E-state index is 15.9. The second-order valence-corrected chi connectivity index (χ2v) is 13.4. The molecule has 0 aromatic heterocycles. The second kappa shape index (κ2) is 12.9. The summed E-state index contributed by atoms with van der Waals surface area (Å²) in [6.07, 6.45) is 6.37. The first-order valence-electron chi connectivity index (χ1n) is 13.2. The third-order valence-corrected chi connectivity index (χ3v) is 11.8. The molecule has 0 aliphatic carbocycles. The molecule has 1 unspecified atom stereocenters. The Labute approximate surface area is 232 Å². The topological polar surface area (TPSA) is 9.23 Å². The Kier molecular flexibility index (Phi) is 9.57. The molecule has 5 rings (SSSR count). The van der Waals surface area contributed by atoms with Crippen molar-refractivity contribution in [3.63, 3.8) is 0 Å². The number of hydrogen-bond donors (Lipinski definition) is 0. The van der Waals surface area contributed by atoms with E-state index in [0.29, 0.717) is 12.1 Å². The van der Waals surface area contributed by atoms with E-state index in [1.807, 2.05) is 6.07 Å². The number of fused-ring (bicyclic) bond motifs is 1. The van der Waals surface area contributed by atoms with Crippen LogP contribution in [0, 0.1) is 11.7 Å². The molecule has 192 valence electrons. The average Bonchev–Trinajstić information content (AvgIpc) is 2.93. The van der Waals surface area contributed by atoms with E-state index in [1.54, 1.807) is 6.07 Å². The molecule has 1 heterocycles. The summed E-state index contributed by atoms with van der Waals surface area (Å²) in [5, 5.41) is 3.78. The monoisotopic (exact) mass is 576 g/mol. The first-order valence-corrected chi connectivity index (χ1v) is 15.2. The normalized spacial score (nSPS) is 14.8. The van der Waals surface area contributed by atoms with Crippen LogP contribution in [0.3, 0.4) is 0 Å². The molecule has 1 nitrogen and oxygen atoms in total. The molecule has 0 saturated heterocycles. The van der Waals surface area contributed by atoms with Gasteiger partial charge in [-0.3, -0.25) is 0 Å². The van der Waals surface area contributed by atoms with Gasteiger partial charge in [-0.15, -0.1) is 0 Å². The van der Waals surface area contributed by atoms with Crippen LogP contribution in [0.25, 0.3) is 0 Å². The maximum Gasteiger partial charge on any atom is 0.130 e. The molecule has 4 aromatic rings. The van der Waals surface area contributed by atoms with Crippen molar-refractivity contribution in [1.29, 1.82) is 0 Å². The lowest BCUT2D eigenvalue weighted by Gasteiger charge is -2.29. The van der Waals surface area contributed by atoms with Crippen molar-refractivity contribution >= 4 is 23.2 Å². The molecule has 4 aromatic carbocycles. The van der Waals surface area contributed by atoms with Gasteiger partial charge in [0, 0.05) is 5.56 Å². The maximum absolute atomic E-state index is 15.9. The molecule has 37 heavy (non-hydrogen) atoms. The second-order valence-electron chi connectivity index (χ2n) is 9.90. The van der Waals surface area contributed by atoms with E-state index >= 15 is 4.39 Å². The molecule has 0 fully saturated rings. The SMILES string of the molecule is CCCCCC1COc2cc(C[P+](c3ccccc3)(c3ccccc3)c3ccccc3)c(F)cc2C1.[Br-]. The zero-order valence-corrected chi connectivity index (χ0v) is 23.9. The Balaban J connectivity index is 0.00000320. The molecule has 4 heteroatoms. The molecule has 0 saturated carbocycles. The number of halogens is 2. The minimum Gasteiger partial charge on any atom is -1.00 e. The van der Waals surface area contributed by atoms with Gasteiger partial charge in [0.05, 0.1) is 6.61 Å². The van der Waals surface area contributed by atoms with Gasteiger partial charge in [-0.05, 0) is 72.9 Å². The summed E-state index contributed by atoms with van der Waals surface area (Å²) in [5.41, 5.74) is 1.76. The molecule has 1 atom stereocenters. The van der Waals surface area contributed by atoms with E-state index < -0.39 is 7.26 Å². The first-order chi connectivity index (χ1) is 17.7. The molecule has 0 amide bonds. The molecule has 1 aliphatic heterocycles. The lowest BCUT2D eigenvalue weighted by atomic mass is 9.91. The third kappa shape index (κ3) is 6.00. The molecule has 0 radical (unpaired) electrons. The number of ether oxygens (including phenoxy) is 1. The van der Waals surface area contributed by atoms with Gasteiger partial charge in [0.15, 0.2) is 0 Å². The van der Waals surface area contributed by atoms with Gasteiger partial charge in [-0.1, -0.05) is 80.8 Å². The van der Waals surface area contributed by atoms with Gasteiger partial charge in [0.2, 0.25) is 0 Å². The van der Waals surface area contributed by atoms with Crippen LogP contribution in [-0.4, -0.2) is 6.61 Å². The molecule has 1 aliphatic rings. The van der Waals surface area contributed by atoms with Crippen molar-refractivity contribution in [2.45, 2.75) is 45.2 Å². The Morgan fingerprint density at radius 1 is 0.784 bits per heavy atom. The Morgan fingerprint density at radius 2 is 1.32 bits per heavy atom. The number of unbranched alkanes of at least 4 members (excludes halogenated alkanes) is 2. The highest BCUT2D eigenvalue weighted by Crippen LogP contribution is 2.58. The van der Waals surface area contributed by atoms with Crippen molar-refractivity contribution < 1.29 is 26.1 Å². The van der Waals surface area contributed by atoms with Crippen LogP contribution >= 0.6 is 7.26 Å². The van der Waals surface area contributed by atoms with Gasteiger partial charge >= 0.3 is 0 Å². The van der Waals surface area contributed by atoms with Gasteiger partial charge in [0.1, 0.15) is 40.9 Å². The molecule has 0 N–H and O–H groups in total. The summed E-state index contributed by atoms with van der Waals surface area (Å²) in [5.74, 6) is 1.24. The molecular formula is C33H35BrFOP. The van der Waals surface area contributed by atoms with E-state index in [0.717, 1.165) is 36.3 Å². The molecular weight excluding hydrogens is 542 g/mol. The summed E-state index contributed by atoms with van der Waals surface area (Å²) >= 11 is 0. The van der Waals surface area contributed by atoms with Crippen molar-refractivity contribution in [3.8, 4) is 5.75 Å². The number of benzene rings is 4. The minimum absolute atomic E-state index is 0. The zero-order valence-electron chi connectivity index (χ0n) is 21.5. The van der Waals surface area contributed by atoms with Gasteiger partial charge < -0.3 is 21.7 Å². The molecule has 0 spiro atoms. The highest BCUT2D eigenvalue weighted by molar-refractivity contribution is 7.95. The van der Waals surface area contributed by atoms with Crippen molar-refractivity contribution in [2.75, 3.05) is 6.61 Å². The van der Waals surface area contributed by atoms with Gasteiger partial charge in [-0.25, -0.2) is 4.39 Å². The summed E-state index contributed by atoms with van der Waals surface area (Å²) in [6.45, 7) is 2.96. The van der Waals surface area contributed by atoms with Crippen LogP contribution in [0.15, 0.2) is 103 Å². The Hall–Kier alpha value is -2.48. The van der Waals surface area contributed by atoms with Crippen LogP contribution in [0.5, 0.6) is 5.75 Å². The van der Waals surface area contributed by atoms with Gasteiger partial charge in [-0.2, -0.15) is 0 Å². The summed E-state index contributed by atoms with van der Waals surface area (Å²) < 4.78 is 22.1. The van der Waals surface area contributed by atoms with Crippen LogP contribution < -0.4 is 37.6 Å². The Morgan fingerprint density at radius 3 is 1.84 bits per heavy atom. The minimum atomic E-state index is -2.16. The highest BCUT2D eigenvalue weighted by Gasteiger charge is 2.46. The van der Waals surface area contributed by atoms with Crippen molar-refractivity contribution in [1.82, 2.24) is 0 Å². The summed E-state index contributed by atoms with van der Waals surface area (Å²) in [7, 11) is -2.16. The number of hydrogen-bond acceptors (Lipinski definition) is 1. The Bertz CT molecular complexity index is 1170. The fraction of sp³-hybridized carbons (Fsp3) is 0.273. The number of rotatable bonds is 9. The molecule has 0 bridgehead atoms. The summed E-state index contributed by atoms with van der Waals surface area (Å²) in [4.78, 5) is 0.